The first-order valence-electron chi connectivity index (χ1n) is 6.41. The van der Waals surface area contributed by atoms with Crippen molar-refractivity contribution in [3.63, 3.8) is 0 Å². The van der Waals surface area contributed by atoms with E-state index in [1.807, 2.05) is 14.1 Å². The highest BCUT2D eigenvalue weighted by Crippen LogP contribution is 2.18. The highest BCUT2D eigenvalue weighted by Gasteiger charge is 2.29. The summed E-state index contributed by atoms with van der Waals surface area (Å²) in [5, 5.41) is 12.0. The normalized spacial score (nSPS) is 23.7. The number of ether oxygens (including phenoxy) is 2. The molecule has 106 valence electrons. The number of hydrogen-bond acceptors (Lipinski definition) is 5. The minimum Gasteiger partial charge on any atom is -0.479 e. The number of nitrogens with zero attached hydrogens (tertiary/aromatic N) is 1. The van der Waals surface area contributed by atoms with Gasteiger partial charge in [0.15, 0.2) is 6.10 Å². The molecule has 18 heavy (non-hydrogen) atoms. The van der Waals surface area contributed by atoms with E-state index in [4.69, 9.17) is 14.6 Å². The molecule has 0 aromatic heterocycles. The molecule has 0 radical (unpaired) electrons. The number of carbonyl (C=O) groups is 1. The molecule has 6 heteroatoms. The van der Waals surface area contributed by atoms with Crippen molar-refractivity contribution in [2.75, 3.05) is 46.9 Å². The standard InChI is InChI=1S/C12H24N2O4/c1-14(2)6-8-17-7-5-13-9-10-3-4-11(18-10)12(15)16/h10-11,13H,3-9H2,1-2H3,(H,15,16). The lowest BCUT2D eigenvalue weighted by atomic mass is 10.2. The molecule has 1 saturated heterocycles. The van der Waals surface area contributed by atoms with E-state index in [1.165, 1.54) is 0 Å². The van der Waals surface area contributed by atoms with Crippen LogP contribution >= 0.6 is 0 Å². The summed E-state index contributed by atoms with van der Waals surface area (Å²) < 4.78 is 10.8. The van der Waals surface area contributed by atoms with Gasteiger partial charge in [0.1, 0.15) is 0 Å². The van der Waals surface area contributed by atoms with Gasteiger partial charge in [-0.05, 0) is 26.9 Å². The molecule has 1 rings (SSSR count). The molecule has 1 heterocycles. The second-order valence-corrected chi connectivity index (χ2v) is 4.78. The quantitative estimate of drug-likeness (QED) is 0.559. The highest BCUT2D eigenvalue weighted by molar-refractivity contribution is 5.72. The number of rotatable bonds is 9. The van der Waals surface area contributed by atoms with Crippen molar-refractivity contribution in [2.24, 2.45) is 0 Å². The van der Waals surface area contributed by atoms with E-state index >= 15 is 0 Å². The van der Waals surface area contributed by atoms with Crippen molar-refractivity contribution in [1.29, 1.82) is 0 Å². The number of carboxylic acid groups (broad SMARTS) is 1. The van der Waals surface area contributed by atoms with Crippen LogP contribution in [-0.4, -0.2) is 75.1 Å². The van der Waals surface area contributed by atoms with Gasteiger partial charge in [-0.2, -0.15) is 0 Å². The summed E-state index contributed by atoms with van der Waals surface area (Å²) in [5.41, 5.74) is 0. The van der Waals surface area contributed by atoms with E-state index in [0.717, 1.165) is 26.1 Å². The molecule has 0 spiro atoms. The van der Waals surface area contributed by atoms with Crippen LogP contribution in [0.2, 0.25) is 0 Å². The predicted molar refractivity (Wildman–Crippen MR) is 67.8 cm³/mol. The SMILES string of the molecule is CN(C)CCOCCNCC1CCC(C(=O)O)O1. The first kappa shape index (κ1) is 15.4. The van der Waals surface area contributed by atoms with Gasteiger partial charge in [0.25, 0.3) is 0 Å². The van der Waals surface area contributed by atoms with Gasteiger partial charge in [-0.3, -0.25) is 0 Å². The molecule has 1 fully saturated rings. The average Bonchev–Trinajstić information content (AvgIpc) is 2.76. The third kappa shape index (κ3) is 6.30. The van der Waals surface area contributed by atoms with Crippen molar-refractivity contribution >= 4 is 5.97 Å². The molecule has 2 N–H and O–H groups in total. The minimum absolute atomic E-state index is 0.0212. The van der Waals surface area contributed by atoms with Crippen molar-refractivity contribution in [1.82, 2.24) is 10.2 Å². The van der Waals surface area contributed by atoms with E-state index in [9.17, 15) is 4.79 Å². The minimum atomic E-state index is -0.857. The molecule has 0 bridgehead atoms. The number of likely N-dealkylation sites (N-methyl/N-ethyl adjacent to an activating group) is 1. The highest BCUT2D eigenvalue weighted by atomic mass is 16.5. The van der Waals surface area contributed by atoms with E-state index in [-0.39, 0.29) is 6.10 Å². The molecule has 6 nitrogen and oxygen atoms in total. The fraction of sp³-hybridized carbons (Fsp3) is 0.917. The zero-order valence-electron chi connectivity index (χ0n) is 11.2. The third-order valence-electron chi connectivity index (χ3n) is 2.86. The summed E-state index contributed by atoms with van der Waals surface area (Å²) in [7, 11) is 4.02. The second-order valence-electron chi connectivity index (χ2n) is 4.78. The fourth-order valence-electron chi connectivity index (χ4n) is 1.79. The molecular weight excluding hydrogens is 236 g/mol. The Balaban J connectivity index is 1.91. The lowest BCUT2D eigenvalue weighted by Gasteiger charge is -2.13. The number of aliphatic carboxylic acids is 1. The van der Waals surface area contributed by atoms with Gasteiger partial charge in [0, 0.05) is 19.6 Å². The summed E-state index contributed by atoms with van der Waals surface area (Å²) >= 11 is 0. The van der Waals surface area contributed by atoms with Crippen LogP contribution in [0.4, 0.5) is 0 Å². The molecule has 1 aliphatic heterocycles. The zero-order chi connectivity index (χ0) is 13.4. The van der Waals surface area contributed by atoms with Crippen LogP contribution in [0.15, 0.2) is 0 Å². The number of carboxylic acids is 1. The molecule has 2 unspecified atom stereocenters. The van der Waals surface area contributed by atoms with E-state index < -0.39 is 12.1 Å². The Morgan fingerprint density at radius 2 is 2.22 bits per heavy atom. The van der Waals surface area contributed by atoms with E-state index in [2.05, 4.69) is 10.2 Å². The summed E-state index contributed by atoms with van der Waals surface area (Å²) in [5.74, 6) is -0.857. The lowest BCUT2D eigenvalue weighted by Crippen LogP contribution is -2.31. The van der Waals surface area contributed by atoms with Crippen molar-refractivity contribution < 1.29 is 19.4 Å². The summed E-state index contributed by atoms with van der Waals surface area (Å²) in [6.07, 6.45) is 0.827. The molecule has 1 aliphatic rings. The molecule has 0 aromatic carbocycles. The smallest absolute Gasteiger partial charge is 0.332 e. The second kappa shape index (κ2) is 8.42. The van der Waals surface area contributed by atoms with Gasteiger partial charge in [-0.1, -0.05) is 0 Å². The van der Waals surface area contributed by atoms with Crippen molar-refractivity contribution in [2.45, 2.75) is 25.0 Å². The maximum absolute atomic E-state index is 10.7. The summed E-state index contributed by atoms with van der Waals surface area (Å²) in [4.78, 5) is 12.8. The van der Waals surface area contributed by atoms with Gasteiger partial charge >= 0.3 is 5.97 Å². The van der Waals surface area contributed by atoms with Crippen LogP contribution in [0.25, 0.3) is 0 Å². The predicted octanol–water partition coefficient (Wildman–Crippen LogP) is -0.214. The first-order chi connectivity index (χ1) is 8.59. The van der Waals surface area contributed by atoms with Crippen LogP contribution in [0.3, 0.4) is 0 Å². The Labute approximate surface area is 108 Å². The molecule has 2 atom stereocenters. The Bertz CT molecular complexity index is 248. The summed E-state index contributed by atoms with van der Waals surface area (Å²) in [6.45, 7) is 3.79. The molecule has 0 saturated carbocycles. The van der Waals surface area contributed by atoms with Crippen LogP contribution in [0, 0.1) is 0 Å². The maximum Gasteiger partial charge on any atom is 0.332 e. The average molecular weight is 260 g/mol. The van der Waals surface area contributed by atoms with Crippen molar-refractivity contribution in [3.05, 3.63) is 0 Å². The summed E-state index contributed by atoms with van der Waals surface area (Å²) in [6, 6.07) is 0. The van der Waals surface area contributed by atoms with Gasteiger partial charge < -0.3 is 24.8 Å². The number of hydrogen-bond donors (Lipinski definition) is 2. The fourth-order valence-corrected chi connectivity index (χ4v) is 1.79. The Hall–Kier alpha value is -0.690. The Morgan fingerprint density at radius 1 is 1.44 bits per heavy atom. The maximum atomic E-state index is 10.7. The molecule has 0 amide bonds. The monoisotopic (exact) mass is 260 g/mol. The lowest BCUT2D eigenvalue weighted by molar-refractivity contribution is -0.149. The topological polar surface area (TPSA) is 71.0 Å². The zero-order valence-corrected chi connectivity index (χ0v) is 11.2. The molecular formula is C12H24N2O4. The van der Waals surface area contributed by atoms with Crippen LogP contribution in [0.1, 0.15) is 12.8 Å². The van der Waals surface area contributed by atoms with Crippen LogP contribution in [-0.2, 0) is 14.3 Å². The van der Waals surface area contributed by atoms with Crippen molar-refractivity contribution in [3.8, 4) is 0 Å². The van der Waals surface area contributed by atoms with Gasteiger partial charge in [-0.25, -0.2) is 4.79 Å². The Morgan fingerprint density at radius 3 is 2.83 bits per heavy atom. The Kier molecular flexibility index (Phi) is 7.19. The van der Waals surface area contributed by atoms with Gasteiger partial charge in [0.2, 0.25) is 0 Å². The largest absolute Gasteiger partial charge is 0.479 e. The van der Waals surface area contributed by atoms with E-state index in [0.29, 0.717) is 19.6 Å². The van der Waals surface area contributed by atoms with E-state index in [1.54, 1.807) is 0 Å². The molecule has 0 aliphatic carbocycles. The third-order valence-corrected chi connectivity index (χ3v) is 2.86. The van der Waals surface area contributed by atoms with Gasteiger partial charge in [-0.15, -0.1) is 0 Å². The molecule has 0 aromatic rings. The van der Waals surface area contributed by atoms with Crippen LogP contribution < -0.4 is 5.32 Å². The first-order valence-corrected chi connectivity index (χ1v) is 6.41. The number of nitrogens with one attached hydrogen (secondary N) is 1. The van der Waals surface area contributed by atoms with Crippen LogP contribution in [0.5, 0.6) is 0 Å². The van der Waals surface area contributed by atoms with Gasteiger partial charge in [0.05, 0.1) is 19.3 Å².